The number of amides is 1. The molecule has 0 fully saturated rings. The van der Waals surface area contributed by atoms with Gasteiger partial charge in [-0.3, -0.25) is 10.00 Å². The van der Waals surface area contributed by atoms with E-state index in [4.69, 9.17) is 9.84 Å². The van der Waals surface area contributed by atoms with Crippen molar-refractivity contribution in [2.45, 2.75) is 39.2 Å². The number of hydrogen-bond acceptors (Lipinski definition) is 4. The second-order valence-electron chi connectivity index (χ2n) is 5.44. The van der Waals surface area contributed by atoms with Crippen LogP contribution in [0.25, 0.3) is 0 Å². The van der Waals surface area contributed by atoms with Gasteiger partial charge in [0.15, 0.2) is 5.82 Å². The molecule has 7 nitrogen and oxygen atoms in total. The molecule has 104 valence electrons. The molecule has 1 aliphatic rings. The largest absolute Gasteiger partial charge is 0.477 e. The van der Waals surface area contributed by atoms with E-state index in [0.717, 1.165) is 0 Å². The lowest BCUT2D eigenvalue weighted by Crippen LogP contribution is -2.40. The number of carboxylic acids is 1. The van der Waals surface area contributed by atoms with Gasteiger partial charge in [-0.2, -0.15) is 5.10 Å². The molecule has 0 atom stereocenters. The third-order valence-electron chi connectivity index (χ3n) is 2.74. The summed E-state index contributed by atoms with van der Waals surface area (Å²) in [5, 5.41) is 15.4. The van der Waals surface area contributed by atoms with E-state index in [1.807, 2.05) is 0 Å². The Morgan fingerprint density at radius 2 is 2.11 bits per heavy atom. The number of carbonyl (C=O) groups is 2. The molecule has 1 amide bonds. The molecular formula is C12H17N3O4. The van der Waals surface area contributed by atoms with E-state index < -0.39 is 17.7 Å². The summed E-state index contributed by atoms with van der Waals surface area (Å²) in [5.41, 5.74) is 0.00791. The second kappa shape index (κ2) is 4.56. The summed E-state index contributed by atoms with van der Waals surface area (Å²) in [7, 11) is 0. The van der Waals surface area contributed by atoms with Crippen molar-refractivity contribution in [3.05, 3.63) is 11.3 Å². The number of carboxylic acid groups (broad SMARTS) is 1. The van der Waals surface area contributed by atoms with Gasteiger partial charge in [-0.1, -0.05) is 0 Å². The number of hydrogen-bond donors (Lipinski definition) is 2. The molecule has 0 saturated carbocycles. The average molecular weight is 267 g/mol. The number of fused-ring (bicyclic) bond motifs is 1. The van der Waals surface area contributed by atoms with Gasteiger partial charge in [0.1, 0.15) is 11.3 Å². The van der Waals surface area contributed by atoms with Crippen LogP contribution in [-0.4, -0.2) is 39.5 Å². The number of ether oxygens (including phenoxy) is 1. The van der Waals surface area contributed by atoms with Crippen LogP contribution in [0, 0.1) is 0 Å². The molecule has 2 N–H and O–H groups in total. The Morgan fingerprint density at radius 3 is 2.68 bits per heavy atom. The topological polar surface area (TPSA) is 95.5 Å². The Morgan fingerprint density at radius 1 is 1.42 bits per heavy atom. The Labute approximate surface area is 110 Å². The van der Waals surface area contributed by atoms with Crippen LogP contribution in [0.2, 0.25) is 0 Å². The minimum atomic E-state index is -1.07. The average Bonchev–Trinajstić information content (AvgIpc) is 2.69. The molecule has 7 heteroatoms. The fourth-order valence-corrected chi connectivity index (χ4v) is 2.01. The zero-order valence-electron chi connectivity index (χ0n) is 11.2. The molecule has 2 rings (SSSR count). The number of aromatic amines is 1. The first-order chi connectivity index (χ1) is 8.79. The maximum Gasteiger partial charge on any atom is 0.416 e. The van der Waals surface area contributed by atoms with Crippen LogP contribution in [0.4, 0.5) is 10.6 Å². The first-order valence-corrected chi connectivity index (χ1v) is 6.10. The molecule has 0 aromatic carbocycles. The van der Waals surface area contributed by atoms with Crippen LogP contribution in [-0.2, 0) is 11.2 Å². The fraction of sp³-hybridized carbons (Fsp3) is 0.583. The van der Waals surface area contributed by atoms with Crippen molar-refractivity contribution in [1.82, 2.24) is 10.2 Å². The second-order valence-corrected chi connectivity index (χ2v) is 5.44. The van der Waals surface area contributed by atoms with E-state index in [9.17, 15) is 9.59 Å². The molecule has 0 saturated heterocycles. The number of anilines is 1. The molecule has 0 radical (unpaired) electrons. The number of nitrogens with one attached hydrogen (secondary N) is 1. The van der Waals surface area contributed by atoms with E-state index in [1.54, 1.807) is 20.8 Å². The Kier molecular flexibility index (Phi) is 3.21. The van der Waals surface area contributed by atoms with Crippen LogP contribution in [0.15, 0.2) is 0 Å². The maximum atomic E-state index is 12.1. The van der Waals surface area contributed by atoms with Crippen LogP contribution >= 0.6 is 0 Å². The van der Waals surface area contributed by atoms with Crippen molar-refractivity contribution >= 4 is 17.9 Å². The summed E-state index contributed by atoms with van der Waals surface area (Å²) in [4.78, 5) is 24.5. The van der Waals surface area contributed by atoms with Crippen molar-refractivity contribution in [3.63, 3.8) is 0 Å². The van der Waals surface area contributed by atoms with Crippen molar-refractivity contribution in [2.24, 2.45) is 0 Å². The first kappa shape index (κ1) is 13.4. The van der Waals surface area contributed by atoms with Gasteiger partial charge in [0.2, 0.25) is 0 Å². The van der Waals surface area contributed by atoms with Crippen LogP contribution in [0.5, 0.6) is 0 Å². The molecule has 0 spiro atoms. The molecule has 0 bridgehead atoms. The third-order valence-corrected chi connectivity index (χ3v) is 2.74. The van der Waals surface area contributed by atoms with Gasteiger partial charge < -0.3 is 9.84 Å². The Bertz CT molecular complexity index is 516. The molecular weight excluding hydrogens is 250 g/mol. The van der Waals surface area contributed by atoms with Gasteiger partial charge in [0, 0.05) is 12.1 Å². The molecule has 0 aliphatic carbocycles. The zero-order valence-corrected chi connectivity index (χ0v) is 11.2. The lowest BCUT2D eigenvalue weighted by molar-refractivity contribution is 0.0574. The van der Waals surface area contributed by atoms with Crippen molar-refractivity contribution in [1.29, 1.82) is 0 Å². The quantitative estimate of drug-likeness (QED) is 0.808. The van der Waals surface area contributed by atoms with Gasteiger partial charge in [0.25, 0.3) is 0 Å². The van der Waals surface area contributed by atoms with E-state index in [1.165, 1.54) is 4.90 Å². The van der Waals surface area contributed by atoms with Crippen LogP contribution in [0.3, 0.4) is 0 Å². The van der Waals surface area contributed by atoms with E-state index in [2.05, 4.69) is 10.2 Å². The molecule has 1 aromatic rings. The smallest absolute Gasteiger partial charge is 0.416 e. The first-order valence-electron chi connectivity index (χ1n) is 6.10. The summed E-state index contributed by atoms with van der Waals surface area (Å²) in [6.07, 6.45) is 0.774. The number of nitrogens with zero attached hydrogens (tertiary/aromatic N) is 2. The SMILES string of the molecule is CC(C)(C)OC(=O)N1CCCc2c1n[nH]c2C(=O)O. The normalized spacial score (nSPS) is 15.0. The number of H-pyrrole nitrogens is 1. The van der Waals surface area contributed by atoms with E-state index in [-0.39, 0.29) is 5.69 Å². The fourth-order valence-electron chi connectivity index (χ4n) is 2.01. The summed E-state index contributed by atoms with van der Waals surface area (Å²) in [6, 6.07) is 0. The van der Waals surface area contributed by atoms with Gasteiger partial charge in [-0.25, -0.2) is 9.59 Å². The van der Waals surface area contributed by atoms with Crippen LogP contribution in [0.1, 0.15) is 43.2 Å². The zero-order chi connectivity index (χ0) is 14.2. The van der Waals surface area contributed by atoms with E-state index in [0.29, 0.717) is 30.8 Å². The monoisotopic (exact) mass is 267 g/mol. The number of rotatable bonds is 1. The van der Waals surface area contributed by atoms with Gasteiger partial charge in [-0.05, 0) is 33.6 Å². The number of aromatic nitrogens is 2. The number of carbonyl (C=O) groups excluding carboxylic acids is 1. The highest BCUT2D eigenvalue weighted by Crippen LogP contribution is 2.28. The lowest BCUT2D eigenvalue weighted by atomic mass is 10.1. The Balaban J connectivity index is 2.28. The minimum absolute atomic E-state index is 0.0447. The summed E-state index contributed by atoms with van der Waals surface area (Å²) < 4.78 is 5.29. The van der Waals surface area contributed by atoms with Gasteiger partial charge in [-0.15, -0.1) is 0 Å². The van der Waals surface area contributed by atoms with Crippen molar-refractivity contribution < 1.29 is 19.4 Å². The minimum Gasteiger partial charge on any atom is -0.477 e. The predicted octanol–water partition coefficient (Wildman–Crippen LogP) is 1.80. The third kappa shape index (κ3) is 2.69. The summed E-state index contributed by atoms with van der Waals surface area (Å²) >= 11 is 0. The predicted molar refractivity (Wildman–Crippen MR) is 67.4 cm³/mol. The molecule has 1 aromatic heterocycles. The standard InChI is InChI=1S/C12H17N3O4/c1-12(2,3)19-11(18)15-6-4-5-7-8(10(16)17)13-14-9(7)15/h4-6H2,1-3H3,(H,13,14)(H,16,17). The maximum absolute atomic E-state index is 12.1. The van der Waals surface area contributed by atoms with E-state index >= 15 is 0 Å². The summed E-state index contributed by atoms with van der Waals surface area (Å²) in [5.74, 6) is -0.710. The highest BCUT2D eigenvalue weighted by molar-refractivity contribution is 5.93. The lowest BCUT2D eigenvalue weighted by Gasteiger charge is -2.28. The Hall–Kier alpha value is -2.05. The van der Waals surface area contributed by atoms with Gasteiger partial charge >= 0.3 is 12.1 Å². The highest BCUT2D eigenvalue weighted by atomic mass is 16.6. The van der Waals surface area contributed by atoms with Crippen LogP contribution < -0.4 is 4.90 Å². The van der Waals surface area contributed by atoms with Gasteiger partial charge in [0.05, 0.1) is 0 Å². The van der Waals surface area contributed by atoms with Crippen molar-refractivity contribution in [2.75, 3.05) is 11.4 Å². The molecule has 19 heavy (non-hydrogen) atoms. The summed E-state index contributed by atoms with van der Waals surface area (Å²) in [6.45, 7) is 5.82. The molecule has 2 heterocycles. The molecule has 1 aliphatic heterocycles. The number of aromatic carboxylic acids is 1. The molecule has 0 unspecified atom stereocenters. The highest BCUT2D eigenvalue weighted by Gasteiger charge is 2.32. The van der Waals surface area contributed by atoms with Crippen molar-refractivity contribution in [3.8, 4) is 0 Å².